The minimum atomic E-state index is 0.976. The largest absolute Gasteiger partial charge is 0.356 e. The van der Waals surface area contributed by atoms with Crippen LogP contribution in [0.4, 0.5) is 5.95 Å². The van der Waals surface area contributed by atoms with Crippen molar-refractivity contribution >= 4 is 5.95 Å². The number of hydrogen-bond acceptors (Lipinski definition) is 2. The van der Waals surface area contributed by atoms with Gasteiger partial charge in [-0.25, -0.2) is 4.98 Å². The quantitative estimate of drug-likeness (QED) is 0.795. The zero-order valence-electron chi connectivity index (χ0n) is 9.08. The van der Waals surface area contributed by atoms with Crippen molar-refractivity contribution in [3.05, 3.63) is 11.9 Å². The molecule has 0 unspecified atom stereocenters. The van der Waals surface area contributed by atoms with Crippen molar-refractivity contribution in [2.24, 2.45) is 13.0 Å². The van der Waals surface area contributed by atoms with Crippen molar-refractivity contribution in [1.82, 2.24) is 9.55 Å². The molecular weight excluding hydrogens is 174 g/mol. The lowest BCUT2D eigenvalue weighted by Gasteiger charge is -2.25. The van der Waals surface area contributed by atoms with E-state index in [0.29, 0.717) is 0 Å². The van der Waals surface area contributed by atoms with Crippen molar-refractivity contribution in [2.75, 3.05) is 11.9 Å². The molecule has 78 valence electrons. The third-order valence-corrected chi connectivity index (χ3v) is 3.06. The van der Waals surface area contributed by atoms with E-state index < -0.39 is 0 Å². The highest BCUT2D eigenvalue weighted by atomic mass is 15.2. The topological polar surface area (TPSA) is 29.9 Å². The molecular formula is C11H19N3. The fourth-order valence-electron chi connectivity index (χ4n) is 1.95. The predicted molar refractivity (Wildman–Crippen MR) is 58.4 cm³/mol. The maximum absolute atomic E-state index is 4.40. The molecule has 0 spiro atoms. The van der Waals surface area contributed by atoms with Gasteiger partial charge >= 0.3 is 0 Å². The van der Waals surface area contributed by atoms with Gasteiger partial charge in [-0.1, -0.05) is 19.3 Å². The summed E-state index contributed by atoms with van der Waals surface area (Å²) >= 11 is 0. The van der Waals surface area contributed by atoms with Crippen LogP contribution in [0.3, 0.4) is 0 Å². The van der Waals surface area contributed by atoms with E-state index in [1.807, 2.05) is 20.2 Å². The summed E-state index contributed by atoms with van der Waals surface area (Å²) in [5.41, 5.74) is 1.08. The molecule has 0 amide bonds. The van der Waals surface area contributed by atoms with Gasteiger partial charge < -0.3 is 9.88 Å². The predicted octanol–water partition coefficient (Wildman–Crippen LogP) is 2.33. The van der Waals surface area contributed by atoms with Gasteiger partial charge in [0, 0.05) is 19.8 Å². The molecule has 1 aliphatic rings. The summed E-state index contributed by atoms with van der Waals surface area (Å²) in [4.78, 5) is 4.40. The van der Waals surface area contributed by atoms with Crippen LogP contribution >= 0.6 is 0 Å². The third kappa shape index (κ3) is 2.08. The minimum Gasteiger partial charge on any atom is -0.356 e. The van der Waals surface area contributed by atoms with Gasteiger partial charge in [0.2, 0.25) is 5.95 Å². The van der Waals surface area contributed by atoms with Gasteiger partial charge in [0.1, 0.15) is 0 Å². The Labute approximate surface area is 85.5 Å². The highest BCUT2D eigenvalue weighted by molar-refractivity contribution is 5.27. The number of rotatable bonds is 4. The molecule has 2 rings (SSSR count). The van der Waals surface area contributed by atoms with E-state index in [2.05, 4.69) is 14.9 Å². The second-order valence-corrected chi connectivity index (χ2v) is 4.33. The number of aromatic nitrogens is 2. The number of aryl methyl sites for hydroxylation is 2. The monoisotopic (exact) mass is 193 g/mol. The molecule has 1 fully saturated rings. The summed E-state index contributed by atoms with van der Waals surface area (Å²) in [7, 11) is 2.03. The second kappa shape index (κ2) is 4.03. The Balaban J connectivity index is 1.76. The Kier molecular flexibility index (Phi) is 2.75. The molecule has 0 bridgehead atoms. The molecule has 1 saturated carbocycles. The highest BCUT2D eigenvalue weighted by Gasteiger charge is 2.16. The molecule has 1 heterocycles. The second-order valence-electron chi connectivity index (χ2n) is 4.33. The van der Waals surface area contributed by atoms with Crippen LogP contribution in [0.2, 0.25) is 0 Å². The summed E-state index contributed by atoms with van der Waals surface area (Å²) < 4.78 is 2.05. The van der Waals surface area contributed by atoms with E-state index in [0.717, 1.165) is 24.1 Å². The van der Waals surface area contributed by atoms with E-state index >= 15 is 0 Å². The summed E-state index contributed by atoms with van der Waals surface area (Å²) in [6, 6.07) is 0. The molecule has 1 aromatic rings. The van der Waals surface area contributed by atoms with Crippen LogP contribution in [0.5, 0.6) is 0 Å². The van der Waals surface area contributed by atoms with Gasteiger partial charge in [0.15, 0.2) is 0 Å². The van der Waals surface area contributed by atoms with Crippen LogP contribution in [0.25, 0.3) is 0 Å². The molecule has 3 heteroatoms. The van der Waals surface area contributed by atoms with Crippen LogP contribution < -0.4 is 5.32 Å². The lowest BCUT2D eigenvalue weighted by atomic mass is 9.83. The summed E-state index contributed by atoms with van der Waals surface area (Å²) in [5.74, 6) is 1.98. The molecule has 0 aromatic carbocycles. The zero-order chi connectivity index (χ0) is 9.97. The van der Waals surface area contributed by atoms with Crippen molar-refractivity contribution in [2.45, 2.75) is 32.6 Å². The third-order valence-electron chi connectivity index (χ3n) is 3.06. The first-order valence-electron chi connectivity index (χ1n) is 5.49. The van der Waals surface area contributed by atoms with Crippen LogP contribution in [0.1, 0.15) is 31.4 Å². The number of hydrogen-bond donors (Lipinski definition) is 1. The Morgan fingerprint density at radius 3 is 2.86 bits per heavy atom. The number of nitrogens with zero attached hydrogens (tertiary/aromatic N) is 2. The highest BCUT2D eigenvalue weighted by Crippen LogP contribution is 2.29. The molecule has 14 heavy (non-hydrogen) atoms. The Morgan fingerprint density at radius 1 is 1.57 bits per heavy atom. The van der Waals surface area contributed by atoms with Gasteiger partial charge in [-0.2, -0.15) is 0 Å². The summed E-state index contributed by atoms with van der Waals surface area (Å²) in [5, 5.41) is 3.38. The Morgan fingerprint density at radius 2 is 2.36 bits per heavy atom. The first-order chi connectivity index (χ1) is 6.75. The molecule has 0 radical (unpaired) electrons. The SMILES string of the molecule is Cc1cn(C)c(NCCC2CCC2)n1. The first-order valence-corrected chi connectivity index (χ1v) is 5.49. The maximum Gasteiger partial charge on any atom is 0.202 e. The molecule has 0 aliphatic heterocycles. The number of nitrogens with one attached hydrogen (secondary N) is 1. The Bertz CT molecular complexity index is 299. The Hall–Kier alpha value is -0.990. The average Bonchev–Trinajstić information content (AvgIpc) is 2.36. The molecule has 1 aliphatic carbocycles. The van der Waals surface area contributed by atoms with Crippen molar-refractivity contribution < 1.29 is 0 Å². The fourth-order valence-corrected chi connectivity index (χ4v) is 1.95. The van der Waals surface area contributed by atoms with Crippen molar-refractivity contribution in [3.63, 3.8) is 0 Å². The zero-order valence-corrected chi connectivity index (χ0v) is 9.08. The van der Waals surface area contributed by atoms with Crippen LogP contribution in [0, 0.1) is 12.8 Å². The van der Waals surface area contributed by atoms with E-state index in [1.54, 1.807) is 0 Å². The van der Waals surface area contributed by atoms with Crippen LogP contribution in [-0.2, 0) is 7.05 Å². The van der Waals surface area contributed by atoms with Crippen LogP contribution in [-0.4, -0.2) is 16.1 Å². The molecule has 1 N–H and O–H groups in total. The van der Waals surface area contributed by atoms with Crippen LogP contribution in [0.15, 0.2) is 6.20 Å². The van der Waals surface area contributed by atoms with E-state index in [-0.39, 0.29) is 0 Å². The van der Waals surface area contributed by atoms with E-state index in [1.165, 1.54) is 25.7 Å². The van der Waals surface area contributed by atoms with Crippen molar-refractivity contribution in [1.29, 1.82) is 0 Å². The first kappa shape index (κ1) is 9.56. The summed E-state index contributed by atoms with van der Waals surface area (Å²) in [6.07, 6.45) is 7.65. The normalized spacial score (nSPS) is 16.7. The standard InChI is InChI=1S/C11H19N3/c1-9-8-14(2)11(13-9)12-7-6-10-4-3-5-10/h8,10H,3-7H2,1-2H3,(H,12,13). The molecule has 0 saturated heterocycles. The molecule has 0 atom stereocenters. The number of anilines is 1. The average molecular weight is 193 g/mol. The van der Waals surface area contributed by atoms with Gasteiger partial charge in [0.25, 0.3) is 0 Å². The minimum absolute atomic E-state index is 0.976. The molecule has 3 nitrogen and oxygen atoms in total. The smallest absolute Gasteiger partial charge is 0.202 e. The van der Waals surface area contributed by atoms with Gasteiger partial charge in [-0.05, 0) is 19.3 Å². The van der Waals surface area contributed by atoms with Gasteiger partial charge in [-0.3, -0.25) is 0 Å². The van der Waals surface area contributed by atoms with E-state index in [9.17, 15) is 0 Å². The lowest BCUT2D eigenvalue weighted by Crippen LogP contribution is -2.16. The summed E-state index contributed by atoms with van der Waals surface area (Å²) in [6.45, 7) is 3.09. The molecule has 1 aromatic heterocycles. The van der Waals surface area contributed by atoms with E-state index in [4.69, 9.17) is 0 Å². The lowest BCUT2D eigenvalue weighted by molar-refractivity contribution is 0.302. The van der Waals surface area contributed by atoms with Gasteiger partial charge in [-0.15, -0.1) is 0 Å². The van der Waals surface area contributed by atoms with Gasteiger partial charge in [0.05, 0.1) is 5.69 Å². The fraction of sp³-hybridized carbons (Fsp3) is 0.727. The number of imidazole rings is 1. The maximum atomic E-state index is 4.40. The van der Waals surface area contributed by atoms with Crippen molar-refractivity contribution in [3.8, 4) is 0 Å².